The fourth-order valence-corrected chi connectivity index (χ4v) is 5.12. The summed E-state index contributed by atoms with van der Waals surface area (Å²) in [5.74, 6) is -0.592. The fraction of sp³-hybridized carbons (Fsp3) is 0.250. The molecule has 0 aliphatic heterocycles. The normalized spacial score (nSPS) is 17.0. The second-order valence-corrected chi connectivity index (χ2v) is 8.14. The van der Waals surface area contributed by atoms with Gasteiger partial charge in [0, 0.05) is 16.2 Å². The van der Waals surface area contributed by atoms with Crippen LogP contribution in [0.5, 0.6) is 0 Å². The minimum Gasteiger partial charge on any atom is -0.399 e. The summed E-state index contributed by atoms with van der Waals surface area (Å²) >= 11 is 3.17. The molecule has 0 spiro atoms. The Morgan fingerprint density at radius 1 is 1.21 bits per heavy atom. The molecular weight excluding hydrogens is 419 g/mol. The molecule has 0 saturated heterocycles. The molecule has 1 atom stereocenters. The number of hydrogen-bond acceptors (Lipinski definition) is 3. The SMILES string of the molecule is Cl.Nc1ccc2c(c1)CCCC2NS(=O)(=O)c1cc(F)ccc1Br. The maximum atomic E-state index is 13.4. The van der Waals surface area contributed by atoms with E-state index in [0.717, 1.165) is 30.0 Å². The quantitative estimate of drug-likeness (QED) is 0.717. The van der Waals surface area contributed by atoms with Crippen LogP contribution >= 0.6 is 28.3 Å². The molecule has 0 heterocycles. The second-order valence-electron chi connectivity index (χ2n) is 5.60. The van der Waals surface area contributed by atoms with Crippen molar-refractivity contribution in [1.82, 2.24) is 4.72 Å². The fourth-order valence-electron chi connectivity index (χ4n) is 2.89. The highest BCUT2D eigenvalue weighted by Gasteiger charge is 2.27. The van der Waals surface area contributed by atoms with Gasteiger partial charge in [-0.2, -0.15) is 0 Å². The van der Waals surface area contributed by atoms with Crippen LogP contribution in [0.4, 0.5) is 10.1 Å². The van der Waals surface area contributed by atoms with Crippen molar-refractivity contribution >= 4 is 44.0 Å². The van der Waals surface area contributed by atoms with Crippen LogP contribution in [0.15, 0.2) is 45.8 Å². The number of nitrogens with two attached hydrogens (primary N) is 1. The number of nitrogen functional groups attached to an aromatic ring is 1. The van der Waals surface area contributed by atoms with Crippen molar-refractivity contribution in [2.75, 3.05) is 5.73 Å². The Bertz CT molecular complexity index is 861. The molecule has 24 heavy (non-hydrogen) atoms. The zero-order valence-electron chi connectivity index (χ0n) is 12.6. The molecule has 0 radical (unpaired) electrons. The van der Waals surface area contributed by atoms with Crippen molar-refractivity contribution in [3.8, 4) is 0 Å². The first-order valence-corrected chi connectivity index (χ1v) is 9.50. The molecule has 4 nitrogen and oxygen atoms in total. The molecule has 2 aromatic carbocycles. The number of benzene rings is 2. The molecule has 3 N–H and O–H groups in total. The predicted molar refractivity (Wildman–Crippen MR) is 98.2 cm³/mol. The summed E-state index contributed by atoms with van der Waals surface area (Å²) in [6, 6.07) is 8.79. The Morgan fingerprint density at radius 2 is 1.96 bits per heavy atom. The van der Waals surface area contributed by atoms with Gasteiger partial charge in [-0.1, -0.05) is 6.07 Å². The third-order valence-corrected chi connectivity index (χ3v) is 6.43. The van der Waals surface area contributed by atoms with E-state index in [4.69, 9.17) is 5.73 Å². The van der Waals surface area contributed by atoms with Crippen LogP contribution in [0, 0.1) is 5.82 Å². The molecule has 0 amide bonds. The monoisotopic (exact) mass is 434 g/mol. The largest absolute Gasteiger partial charge is 0.399 e. The molecule has 1 aliphatic rings. The molecule has 0 aromatic heterocycles. The van der Waals surface area contributed by atoms with Crippen LogP contribution < -0.4 is 10.5 Å². The number of nitrogens with one attached hydrogen (secondary N) is 1. The smallest absolute Gasteiger partial charge is 0.242 e. The minimum absolute atomic E-state index is 0. The summed E-state index contributed by atoms with van der Waals surface area (Å²) in [6.07, 6.45) is 2.44. The Balaban J connectivity index is 0.00000208. The van der Waals surface area contributed by atoms with Gasteiger partial charge in [0.15, 0.2) is 0 Å². The highest BCUT2D eigenvalue weighted by atomic mass is 79.9. The maximum absolute atomic E-state index is 13.4. The Labute approximate surface area is 155 Å². The molecule has 1 aliphatic carbocycles. The molecule has 1 unspecified atom stereocenters. The van der Waals surface area contributed by atoms with Gasteiger partial charge in [-0.25, -0.2) is 17.5 Å². The number of anilines is 1. The molecule has 2 aromatic rings. The van der Waals surface area contributed by atoms with Crippen molar-refractivity contribution < 1.29 is 12.8 Å². The van der Waals surface area contributed by atoms with E-state index in [1.807, 2.05) is 12.1 Å². The number of aryl methyl sites for hydroxylation is 1. The van der Waals surface area contributed by atoms with E-state index in [0.29, 0.717) is 16.6 Å². The maximum Gasteiger partial charge on any atom is 0.242 e. The van der Waals surface area contributed by atoms with Crippen LogP contribution in [-0.4, -0.2) is 8.42 Å². The van der Waals surface area contributed by atoms with E-state index < -0.39 is 15.8 Å². The zero-order valence-corrected chi connectivity index (χ0v) is 15.8. The highest BCUT2D eigenvalue weighted by molar-refractivity contribution is 9.10. The Hall–Kier alpha value is -1.15. The van der Waals surface area contributed by atoms with Crippen molar-refractivity contribution in [2.45, 2.75) is 30.2 Å². The zero-order chi connectivity index (χ0) is 16.6. The van der Waals surface area contributed by atoms with Gasteiger partial charge in [0.25, 0.3) is 0 Å². The van der Waals surface area contributed by atoms with E-state index in [1.165, 1.54) is 12.1 Å². The molecule has 0 saturated carbocycles. The van der Waals surface area contributed by atoms with Crippen LogP contribution in [0.2, 0.25) is 0 Å². The van der Waals surface area contributed by atoms with Crippen LogP contribution in [0.3, 0.4) is 0 Å². The van der Waals surface area contributed by atoms with Crippen molar-refractivity contribution in [1.29, 1.82) is 0 Å². The summed E-state index contributed by atoms with van der Waals surface area (Å²) < 4.78 is 41.7. The lowest BCUT2D eigenvalue weighted by Crippen LogP contribution is -2.31. The molecule has 0 fully saturated rings. The van der Waals surface area contributed by atoms with Gasteiger partial charge in [-0.05, 0) is 76.7 Å². The Morgan fingerprint density at radius 3 is 2.71 bits per heavy atom. The van der Waals surface area contributed by atoms with Gasteiger partial charge in [0.05, 0.1) is 4.90 Å². The predicted octanol–water partition coefficient (Wildman–Crippen LogP) is 3.95. The number of rotatable bonds is 3. The average molecular weight is 436 g/mol. The van der Waals surface area contributed by atoms with Gasteiger partial charge in [0.2, 0.25) is 10.0 Å². The summed E-state index contributed by atoms with van der Waals surface area (Å²) in [6.45, 7) is 0. The summed E-state index contributed by atoms with van der Waals surface area (Å²) in [5, 5.41) is 0. The van der Waals surface area contributed by atoms with Crippen LogP contribution in [0.25, 0.3) is 0 Å². The third kappa shape index (κ3) is 3.91. The van der Waals surface area contributed by atoms with E-state index in [-0.39, 0.29) is 23.3 Å². The van der Waals surface area contributed by atoms with Gasteiger partial charge in [0.1, 0.15) is 5.82 Å². The minimum atomic E-state index is -3.83. The number of hydrogen-bond donors (Lipinski definition) is 2. The van der Waals surface area contributed by atoms with Crippen molar-refractivity contribution in [3.63, 3.8) is 0 Å². The Kier molecular flexibility index (Phi) is 5.91. The standard InChI is InChI=1S/C16H16BrFN2O2S.ClH/c17-14-7-4-11(18)9-16(14)23(21,22)20-15-3-1-2-10-8-12(19)5-6-13(10)15;/h4-9,15,20H,1-3,19H2;1H. The summed E-state index contributed by atoms with van der Waals surface area (Å²) in [5.41, 5.74) is 8.45. The van der Waals surface area contributed by atoms with Crippen LogP contribution in [-0.2, 0) is 16.4 Å². The third-order valence-electron chi connectivity index (χ3n) is 3.96. The van der Waals surface area contributed by atoms with E-state index in [2.05, 4.69) is 20.7 Å². The van der Waals surface area contributed by atoms with Gasteiger partial charge >= 0.3 is 0 Å². The van der Waals surface area contributed by atoms with E-state index >= 15 is 0 Å². The first kappa shape index (κ1) is 19.2. The van der Waals surface area contributed by atoms with Gasteiger partial charge < -0.3 is 5.73 Å². The molecule has 130 valence electrons. The molecule has 0 bridgehead atoms. The van der Waals surface area contributed by atoms with Crippen LogP contribution in [0.1, 0.15) is 30.0 Å². The first-order chi connectivity index (χ1) is 10.9. The number of halogens is 3. The van der Waals surface area contributed by atoms with Gasteiger partial charge in [-0.15, -0.1) is 12.4 Å². The van der Waals surface area contributed by atoms with E-state index in [9.17, 15) is 12.8 Å². The average Bonchev–Trinajstić information content (AvgIpc) is 2.49. The lowest BCUT2D eigenvalue weighted by molar-refractivity contribution is 0.506. The molecular formula is C16H17BrClFN2O2S. The lowest BCUT2D eigenvalue weighted by Gasteiger charge is -2.26. The second kappa shape index (κ2) is 7.39. The van der Waals surface area contributed by atoms with Crippen molar-refractivity contribution in [2.24, 2.45) is 0 Å². The molecule has 3 rings (SSSR count). The number of fused-ring (bicyclic) bond motifs is 1. The summed E-state index contributed by atoms with van der Waals surface area (Å²) in [7, 11) is -3.83. The van der Waals surface area contributed by atoms with Crippen molar-refractivity contribution in [3.05, 3.63) is 57.8 Å². The van der Waals surface area contributed by atoms with E-state index in [1.54, 1.807) is 6.07 Å². The summed E-state index contributed by atoms with van der Waals surface area (Å²) in [4.78, 5) is -0.0972. The number of sulfonamides is 1. The highest BCUT2D eigenvalue weighted by Crippen LogP contribution is 2.33. The lowest BCUT2D eigenvalue weighted by atomic mass is 9.88. The molecule has 8 heteroatoms. The van der Waals surface area contributed by atoms with Gasteiger partial charge in [-0.3, -0.25) is 0 Å². The topological polar surface area (TPSA) is 72.2 Å². The first-order valence-electron chi connectivity index (χ1n) is 7.22.